The zero-order valence-corrected chi connectivity index (χ0v) is 14.1. The van der Waals surface area contributed by atoms with Gasteiger partial charge in [-0.05, 0) is 62.1 Å². The van der Waals surface area contributed by atoms with Crippen molar-refractivity contribution in [2.24, 2.45) is 0 Å². The van der Waals surface area contributed by atoms with Gasteiger partial charge in [-0.25, -0.2) is 0 Å². The highest BCUT2D eigenvalue weighted by Gasteiger charge is 2.18. The van der Waals surface area contributed by atoms with Gasteiger partial charge < -0.3 is 5.32 Å². The molecule has 1 atom stereocenters. The Bertz CT molecular complexity index is 619. The summed E-state index contributed by atoms with van der Waals surface area (Å²) in [5, 5.41) is 4.51. The van der Waals surface area contributed by atoms with Gasteiger partial charge in [0.05, 0.1) is 6.04 Å². The van der Waals surface area contributed by atoms with E-state index >= 15 is 0 Å². The molecule has 0 spiro atoms. The molecular weight excluding hydrogens is 278 g/mol. The van der Waals surface area contributed by atoms with Crippen LogP contribution >= 0.6 is 11.6 Å². The maximum absolute atomic E-state index is 6.32. The van der Waals surface area contributed by atoms with E-state index in [0.717, 1.165) is 23.6 Å². The molecule has 21 heavy (non-hydrogen) atoms. The fourth-order valence-electron chi connectivity index (χ4n) is 2.76. The lowest BCUT2D eigenvalue weighted by Gasteiger charge is -2.24. The third kappa shape index (κ3) is 3.66. The van der Waals surface area contributed by atoms with Gasteiger partial charge in [0.2, 0.25) is 0 Å². The van der Waals surface area contributed by atoms with Crippen LogP contribution in [0, 0.1) is 20.8 Å². The molecule has 0 saturated heterocycles. The smallest absolute Gasteiger partial charge is 0.0582 e. The van der Waals surface area contributed by atoms with Gasteiger partial charge in [0.1, 0.15) is 0 Å². The number of halogens is 1. The lowest BCUT2D eigenvalue weighted by Crippen LogP contribution is -2.24. The number of hydrogen-bond acceptors (Lipinski definition) is 1. The van der Waals surface area contributed by atoms with Crippen molar-refractivity contribution in [1.82, 2.24) is 5.32 Å². The summed E-state index contributed by atoms with van der Waals surface area (Å²) in [5.74, 6) is 0. The Labute approximate surface area is 133 Å². The van der Waals surface area contributed by atoms with Gasteiger partial charge in [-0.3, -0.25) is 0 Å². The van der Waals surface area contributed by atoms with Crippen molar-refractivity contribution in [2.45, 2.75) is 40.2 Å². The highest BCUT2D eigenvalue weighted by atomic mass is 35.5. The predicted octanol–water partition coefficient (Wildman–Crippen LogP) is 5.35. The molecule has 1 N–H and O–H groups in total. The number of hydrogen-bond donors (Lipinski definition) is 1. The van der Waals surface area contributed by atoms with Crippen molar-refractivity contribution in [2.75, 3.05) is 6.54 Å². The largest absolute Gasteiger partial charge is 0.306 e. The third-order valence-electron chi connectivity index (χ3n) is 3.96. The zero-order chi connectivity index (χ0) is 15.4. The normalized spacial score (nSPS) is 12.4. The topological polar surface area (TPSA) is 12.0 Å². The van der Waals surface area contributed by atoms with Crippen LogP contribution in [-0.2, 0) is 0 Å². The Kier molecular flexibility index (Phi) is 5.44. The van der Waals surface area contributed by atoms with E-state index < -0.39 is 0 Å². The van der Waals surface area contributed by atoms with E-state index in [-0.39, 0.29) is 6.04 Å². The van der Waals surface area contributed by atoms with Crippen molar-refractivity contribution >= 4 is 11.6 Å². The maximum Gasteiger partial charge on any atom is 0.0582 e. The number of nitrogens with one attached hydrogen (secondary N) is 1. The molecule has 0 radical (unpaired) electrons. The summed E-state index contributed by atoms with van der Waals surface area (Å²) in [4.78, 5) is 0. The van der Waals surface area contributed by atoms with Crippen molar-refractivity contribution in [3.05, 3.63) is 69.2 Å². The van der Waals surface area contributed by atoms with E-state index in [1.807, 2.05) is 12.1 Å². The SMILES string of the molecule is CCCNC(c1ccc(C)cc1C)c1cccc(Cl)c1C. The Morgan fingerprint density at radius 2 is 1.81 bits per heavy atom. The second-order valence-corrected chi connectivity index (χ2v) is 6.11. The van der Waals surface area contributed by atoms with Gasteiger partial charge >= 0.3 is 0 Å². The number of rotatable bonds is 5. The van der Waals surface area contributed by atoms with E-state index in [1.165, 1.54) is 22.3 Å². The minimum absolute atomic E-state index is 0.198. The second-order valence-electron chi connectivity index (χ2n) is 5.70. The summed E-state index contributed by atoms with van der Waals surface area (Å²) in [7, 11) is 0. The Morgan fingerprint density at radius 1 is 1.05 bits per heavy atom. The van der Waals surface area contributed by atoms with Crippen molar-refractivity contribution in [1.29, 1.82) is 0 Å². The van der Waals surface area contributed by atoms with Gasteiger partial charge in [0.15, 0.2) is 0 Å². The van der Waals surface area contributed by atoms with Crippen LogP contribution in [0.2, 0.25) is 5.02 Å². The van der Waals surface area contributed by atoms with Crippen LogP contribution in [-0.4, -0.2) is 6.54 Å². The van der Waals surface area contributed by atoms with Gasteiger partial charge in [-0.15, -0.1) is 0 Å². The molecule has 0 aliphatic rings. The molecule has 2 aromatic rings. The molecule has 0 aromatic heterocycles. The average Bonchev–Trinajstić information content (AvgIpc) is 2.45. The highest BCUT2D eigenvalue weighted by molar-refractivity contribution is 6.31. The molecule has 2 rings (SSSR count). The van der Waals surface area contributed by atoms with Crippen LogP contribution in [0.1, 0.15) is 47.2 Å². The van der Waals surface area contributed by atoms with Gasteiger partial charge in [0, 0.05) is 5.02 Å². The number of aryl methyl sites for hydroxylation is 2. The van der Waals surface area contributed by atoms with Crippen LogP contribution in [0.5, 0.6) is 0 Å². The lowest BCUT2D eigenvalue weighted by atomic mass is 9.91. The first-order valence-corrected chi connectivity index (χ1v) is 7.98. The van der Waals surface area contributed by atoms with Crippen LogP contribution in [0.4, 0.5) is 0 Å². The van der Waals surface area contributed by atoms with Crippen molar-refractivity contribution in [3.8, 4) is 0 Å². The summed E-state index contributed by atoms with van der Waals surface area (Å²) in [5.41, 5.74) is 6.38. The Morgan fingerprint density at radius 3 is 2.48 bits per heavy atom. The zero-order valence-electron chi connectivity index (χ0n) is 13.3. The van der Waals surface area contributed by atoms with Gasteiger partial charge in [0.25, 0.3) is 0 Å². The van der Waals surface area contributed by atoms with Crippen LogP contribution in [0.15, 0.2) is 36.4 Å². The maximum atomic E-state index is 6.32. The highest BCUT2D eigenvalue weighted by Crippen LogP contribution is 2.30. The van der Waals surface area contributed by atoms with E-state index in [0.29, 0.717) is 0 Å². The van der Waals surface area contributed by atoms with Crippen molar-refractivity contribution < 1.29 is 0 Å². The standard InChI is InChI=1S/C19H24ClN/c1-5-11-21-19(16-10-9-13(2)12-14(16)3)17-7-6-8-18(20)15(17)4/h6-10,12,19,21H,5,11H2,1-4H3. The van der Waals surface area contributed by atoms with E-state index in [2.05, 4.69) is 57.3 Å². The average molecular weight is 302 g/mol. The molecule has 0 fully saturated rings. The summed E-state index contributed by atoms with van der Waals surface area (Å²) < 4.78 is 0. The molecule has 2 heteroatoms. The first-order valence-electron chi connectivity index (χ1n) is 7.60. The fourth-order valence-corrected chi connectivity index (χ4v) is 2.94. The lowest BCUT2D eigenvalue weighted by molar-refractivity contribution is 0.594. The van der Waals surface area contributed by atoms with Crippen LogP contribution in [0.3, 0.4) is 0 Å². The molecule has 112 valence electrons. The second kappa shape index (κ2) is 7.11. The summed E-state index contributed by atoms with van der Waals surface area (Å²) in [6.45, 7) is 9.60. The minimum Gasteiger partial charge on any atom is -0.306 e. The molecular formula is C19H24ClN. The molecule has 0 aliphatic heterocycles. The number of benzene rings is 2. The molecule has 0 amide bonds. The molecule has 0 saturated carbocycles. The molecule has 0 bridgehead atoms. The first-order chi connectivity index (χ1) is 10.0. The monoisotopic (exact) mass is 301 g/mol. The summed E-state index contributed by atoms with van der Waals surface area (Å²) in [6, 6.07) is 13.0. The van der Waals surface area contributed by atoms with E-state index in [9.17, 15) is 0 Å². The van der Waals surface area contributed by atoms with Gasteiger partial charge in [-0.1, -0.05) is 54.4 Å². The van der Waals surface area contributed by atoms with E-state index in [1.54, 1.807) is 0 Å². The van der Waals surface area contributed by atoms with Crippen molar-refractivity contribution in [3.63, 3.8) is 0 Å². The Balaban J connectivity index is 2.49. The molecule has 2 aromatic carbocycles. The summed E-state index contributed by atoms with van der Waals surface area (Å²) >= 11 is 6.32. The molecule has 0 aliphatic carbocycles. The molecule has 1 unspecified atom stereocenters. The predicted molar refractivity (Wildman–Crippen MR) is 92.2 cm³/mol. The molecule has 0 heterocycles. The van der Waals surface area contributed by atoms with Crippen LogP contribution < -0.4 is 5.32 Å². The van der Waals surface area contributed by atoms with E-state index in [4.69, 9.17) is 11.6 Å². The third-order valence-corrected chi connectivity index (χ3v) is 4.36. The molecule has 1 nitrogen and oxygen atoms in total. The minimum atomic E-state index is 0.198. The van der Waals surface area contributed by atoms with Crippen LogP contribution in [0.25, 0.3) is 0 Å². The quantitative estimate of drug-likeness (QED) is 0.784. The first kappa shape index (κ1) is 16.1. The summed E-state index contributed by atoms with van der Waals surface area (Å²) in [6.07, 6.45) is 1.11. The fraction of sp³-hybridized carbons (Fsp3) is 0.368. The van der Waals surface area contributed by atoms with Gasteiger partial charge in [-0.2, -0.15) is 0 Å². The Hall–Kier alpha value is -1.31.